The zero-order chi connectivity index (χ0) is 15.6. The summed E-state index contributed by atoms with van der Waals surface area (Å²) in [5.41, 5.74) is 0.508. The minimum absolute atomic E-state index is 0.00576. The normalized spacial score (nSPS) is 12.5. The molecule has 0 atom stereocenters. The number of hydrogen-bond donors (Lipinski definition) is 0. The van der Waals surface area contributed by atoms with Crippen molar-refractivity contribution in [1.82, 2.24) is 24.6 Å². The van der Waals surface area contributed by atoms with E-state index in [0.29, 0.717) is 24.0 Å². The fourth-order valence-electron chi connectivity index (χ4n) is 2.08. The zero-order valence-electron chi connectivity index (χ0n) is 11.7. The molecule has 9 heteroatoms. The van der Waals surface area contributed by atoms with Crippen LogP contribution in [0.15, 0.2) is 6.20 Å². The van der Waals surface area contributed by atoms with E-state index in [1.165, 1.54) is 15.8 Å². The van der Waals surface area contributed by atoms with Gasteiger partial charge in [0.2, 0.25) is 0 Å². The molecule has 0 aliphatic carbocycles. The maximum absolute atomic E-state index is 12.6. The van der Waals surface area contributed by atoms with Crippen molar-refractivity contribution in [2.24, 2.45) is 7.05 Å². The molecule has 0 aliphatic rings. The van der Waals surface area contributed by atoms with Crippen LogP contribution in [0.1, 0.15) is 19.2 Å². The highest BCUT2D eigenvalue weighted by molar-refractivity contribution is 6.33. The first-order valence-electron chi connectivity index (χ1n) is 6.43. The van der Waals surface area contributed by atoms with Crippen molar-refractivity contribution in [2.45, 2.75) is 26.1 Å². The third-order valence-corrected chi connectivity index (χ3v) is 3.19. The average Bonchev–Trinajstić information content (AvgIpc) is 2.70. The van der Waals surface area contributed by atoms with Crippen molar-refractivity contribution in [1.29, 1.82) is 0 Å². The van der Waals surface area contributed by atoms with Crippen LogP contribution < -0.4 is 0 Å². The second kappa shape index (κ2) is 6.15. The Morgan fingerprint density at radius 3 is 2.67 bits per heavy atom. The lowest BCUT2D eigenvalue weighted by Gasteiger charge is -2.22. The van der Waals surface area contributed by atoms with Gasteiger partial charge >= 0.3 is 6.18 Å². The predicted octanol–water partition coefficient (Wildman–Crippen LogP) is 2.79. The van der Waals surface area contributed by atoms with Crippen molar-refractivity contribution >= 4 is 22.6 Å². The van der Waals surface area contributed by atoms with Gasteiger partial charge in [0.15, 0.2) is 5.65 Å². The number of hydrogen-bond acceptors (Lipinski definition) is 4. The fourth-order valence-corrected chi connectivity index (χ4v) is 2.32. The molecule has 0 N–H and O–H groups in total. The largest absolute Gasteiger partial charge is 0.401 e. The van der Waals surface area contributed by atoms with Crippen molar-refractivity contribution in [2.75, 3.05) is 13.1 Å². The van der Waals surface area contributed by atoms with Crippen LogP contribution in [0.4, 0.5) is 13.2 Å². The van der Waals surface area contributed by atoms with Crippen molar-refractivity contribution < 1.29 is 13.2 Å². The number of nitrogens with zero attached hydrogens (tertiary/aromatic N) is 5. The van der Waals surface area contributed by atoms with Gasteiger partial charge in [-0.25, -0.2) is 9.97 Å². The first-order chi connectivity index (χ1) is 9.80. The molecule has 2 aromatic rings. The molecule has 5 nitrogen and oxygen atoms in total. The minimum Gasteiger partial charge on any atom is -0.287 e. The molecule has 0 spiro atoms. The van der Waals surface area contributed by atoms with Gasteiger partial charge in [0.1, 0.15) is 11.0 Å². The van der Waals surface area contributed by atoms with Crippen molar-refractivity contribution in [3.05, 3.63) is 17.2 Å². The van der Waals surface area contributed by atoms with Crippen LogP contribution in [-0.2, 0) is 13.6 Å². The number of alkyl halides is 3. The zero-order valence-corrected chi connectivity index (χ0v) is 12.4. The van der Waals surface area contributed by atoms with Crippen LogP contribution >= 0.6 is 11.6 Å². The Labute approximate surface area is 124 Å². The topological polar surface area (TPSA) is 46.8 Å². The van der Waals surface area contributed by atoms with E-state index in [9.17, 15) is 13.2 Å². The first kappa shape index (κ1) is 16.0. The maximum atomic E-state index is 12.6. The summed E-state index contributed by atoms with van der Waals surface area (Å²) in [6.45, 7) is 1.13. The SMILES string of the molecule is CCCN(Cc1nc(Cl)c2cnn(C)c2n1)CC(F)(F)F. The van der Waals surface area contributed by atoms with Crippen molar-refractivity contribution in [3.8, 4) is 0 Å². The average molecular weight is 322 g/mol. The van der Waals surface area contributed by atoms with Crippen LogP contribution in [0, 0.1) is 0 Å². The van der Waals surface area contributed by atoms with Crippen LogP contribution in [0.2, 0.25) is 5.15 Å². The molecule has 0 amide bonds. The molecular weight excluding hydrogens is 307 g/mol. The Bertz CT molecular complexity index is 625. The van der Waals surface area contributed by atoms with Crippen molar-refractivity contribution in [3.63, 3.8) is 0 Å². The summed E-state index contributed by atoms with van der Waals surface area (Å²) in [4.78, 5) is 9.56. The van der Waals surface area contributed by atoms with Crippen LogP contribution in [-0.4, -0.2) is 43.9 Å². The molecule has 2 heterocycles. The quantitative estimate of drug-likeness (QED) is 0.795. The lowest BCUT2D eigenvalue weighted by molar-refractivity contribution is -0.147. The summed E-state index contributed by atoms with van der Waals surface area (Å²) < 4.78 is 39.2. The number of halogens is 4. The smallest absolute Gasteiger partial charge is 0.287 e. The second-order valence-electron chi connectivity index (χ2n) is 4.76. The lowest BCUT2D eigenvalue weighted by atomic mass is 10.3. The van der Waals surface area contributed by atoms with Gasteiger partial charge in [0.25, 0.3) is 0 Å². The Kier molecular flexibility index (Phi) is 4.67. The first-order valence-corrected chi connectivity index (χ1v) is 6.81. The molecule has 2 aromatic heterocycles. The number of aromatic nitrogens is 4. The van der Waals surface area contributed by atoms with E-state index in [1.807, 2.05) is 6.92 Å². The molecule has 0 unspecified atom stereocenters. The van der Waals surface area contributed by atoms with E-state index in [0.717, 1.165) is 0 Å². The summed E-state index contributed by atoms with van der Waals surface area (Å²) >= 11 is 6.02. The van der Waals surface area contributed by atoms with Gasteiger partial charge in [-0.1, -0.05) is 18.5 Å². The molecule has 0 bridgehead atoms. The third kappa shape index (κ3) is 4.04. The third-order valence-electron chi connectivity index (χ3n) is 2.90. The van der Waals surface area contributed by atoms with E-state index in [4.69, 9.17) is 11.6 Å². The van der Waals surface area contributed by atoms with Gasteiger partial charge in [-0.05, 0) is 13.0 Å². The lowest BCUT2D eigenvalue weighted by Crippen LogP contribution is -2.34. The standard InChI is InChI=1S/C12H15ClF3N5/c1-3-4-21(7-12(14,15)16)6-9-18-10(13)8-5-17-20(2)11(8)19-9/h5H,3-4,6-7H2,1-2H3. The highest BCUT2D eigenvalue weighted by Crippen LogP contribution is 2.21. The highest BCUT2D eigenvalue weighted by Gasteiger charge is 2.30. The molecule has 0 fully saturated rings. The van der Waals surface area contributed by atoms with Gasteiger partial charge in [-0.15, -0.1) is 0 Å². The summed E-state index contributed by atoms with van der Waals surface area (Å²) in [5.74, 6) is 0.258. The summed E-state index contributed by atoms with van der Waals surface area (Å²) in [5, 5.41) is 4.79. The van der Waals surface area contributed by atoms with E-state index in [2.05, 4.69) is 15.1 Å². The number of fused-ring (bicyclic) bond motifs is 1. The van der Waals surface area contributed by atoms with Gasteiger partial charge in [-0.3, -0.25) is 9.58 Å². The monoisotopic (exact) mass is 321 g/mol. The Morgan fingerprint density at radius 1 is 1.33 bits per heavy atom. The molecule has 0 saturated carbocycles. The highest BCUT2D eigenvalue weighted by atomic mass is 35.5. The Hall–Kier alpha value is -1.41. The predicted molar refractivity (Wildman–Crippen MR) is 72.9 cm³/mol. The molecule has 0 aromatic carbocycles. The van der Waals surface area contributed by atoms with E-state index < -0.39 is 12.7 Å². The van der Waals surface area contributed by atoms with E-state index in [1.54, 1.807) is 7.05 Å². The molecule has 2 rings (SSSR count). The maximum Gasteiger partial charge on any atom is 0.401 e. The molecule has 0 radical (unpaired) electrons. The summed E-state index contributed by atoms with van der Waals surface area (Å²) in [7, 11) is 1.69. The number of rotatable bonds is 5. The van der Waals surface area contributed by atoms with Crippen LogP contribution in [0.5, 0.6) is 0 Å². The van der Waals surface area contributed by atoms with E-state index in [-0.39, 0.29) is 17.5 Å². The van der Waals surface area contributed by atoms with Gasteiger partial charge < -0.3 is 0 Å². The van der Waals surface area contributed by atoms with Crippen LogP contribution in [0.25, 0.3) is 11.0 Å². The summed E-state index contributed by atoms with van der Waals surface area (Å²) in [6.07, 6.45) is -2.12. The Morgan fingerprint density at radius 2 is 2.05 bits per heavy atom. The molecule has 0 saturated heterocycles. The van der Waals surface area contributed by atoms with Crippen LogP contribution in [0.3, 0.4) is 0 Å². The van der Waals surface area contributed by atoms with E-state index >= 15 is 0 Å². The minimum atomic E-state index is -4.25. The molecule has 21 heavy (non-hydrogen) atoms. The Balaban J connectivity index is 2.25. The molecule has 0 aliphatic heterocycles. The fraction of sp³-hybridized carbons (Fsp3) is 0.583. The summed E-state index contributed by atoms with van der Waals surface area (Å²) in [6, 6.07) is 0. The van der Waals surface area contributed by atoms with Gasteiger partial charge in [0.05, 0.1) is 24.7 Å². The van der Waals surface area contributed by atoms with Gasteiger partial charge in [-0.2, -0.15) is 18.3 Å². The molecule has 116 valence electrons. The van der Waals surface area contributed by atoms with Gasteiger partial charge in [0, 0.05) is 7.05 Å². The molecular formula is C12H15ClF3N5. The number of aryl methyl sites for hydroxylation is 1. The second-order valence-corrected chi connectivity index (χ2v) is 5.12.